The van der Waals surface area contributed by atoms with Gasteiger partial charge in [-0.25, -0.2) is 0 Å². The third-order valence-corrected chi connectivity index (χ3v) is 9.75. The van der Waals surface area contributed by atoms with E-state index in [1.165, 1.54) is 21.9 Å². The Morgan fingerprint density at radius 2 is 1.29 bits per heavy atom. The summed E-state index contributed by atoms with van der Waals surface area (Å²) < 4.78 is 0. The van der Waals surface area contributed by atoms with Crippen LogP contribution >= 0.6 is 6.11 Å². The van der Waals surface area contributed by atoms with E-state index in [9.17, 15) is 0 Å². The molecule has 0 aliphatic heterocycles. The van der Waals surface area contributed by atoms with Crippen molar-refractivity contribution in [1.29, 1.82) is 0 Å². The molecule has 0 nitrogen and oxygen atoms in total. The first-order valence-corrected chi connectivity index (χ1v) is 10.2. The Morgan fingerprint density at radius 3 is 1.71 bits per heavy atom. The van der Waals surface area contributed by atoms with Crippen LogP contribution in [0.4, 0.5) is 0 Å². The Kier molecular flexibility index (Phi) is 5.40. The molecule has 0 N–H and O–H groups in total. The van der Waals surface area contributed by atoms with E-state index in [1.54, 1.807) is 0 Å². The second kappa shape index (κ2) is 7.07. The van der Waals surface area contributed by atoms with Crippen molar-refractivity contribution in [1.82, 2.24) is 0 Å². The van der Waals surface area contributed by atoms with Gasteiger partial charge < -0.3 is 0 Å². The minimum absolute atomic E-state index is 0.107. The van der Waals surface area contributed by atoms with E-state index in [1.807, 2.05) is 0 Å². The maximum atomic E-state index is 2.28. The molecule has 0 unspecified atom stereocenters. The van der Waals surface area contributed by atoms with Crippen molar-refractivity contribution in [3.8, 4) is 0 Å². The van der Waals surface area contributed by atoms with Crippen molar-refractivity contribution in [2.24, 2.45) is 0 Å². The van der Waals surface area contributed by atoms with Crippen molar-refractivity contribution in [2.75, 3.05) is 0 Å². The zero-order valence-corrected chi connectivity index (χ0v) is 12.4. The Hall–Kier alpha value is -0.468. The molecule has 0 aromatic heterocycles. The summed E-state index contributed by atoms with van der Waals surface area (Å²) in [5.41, 5.74) is 0. The zero-order chi connectivity index (χ0) is 11.9. The fourth-order valence-electron chi connectivity index (χ4n) is 1.51. The van der Waals surface area contributed by atoms with Gasteiger partial charge in [-0.2, -0.15) is 0 Å². The molecule has 2 aromatic rings. The van der Waals surface area contributed by atoms with Gasteiger partial charge in [-0.3, -0.25) is 0 Å². The SMILES string of the molecule is CC[CH2][Pd][P](c1ccccc1)c1ccccc1. The van der Waals surface area contributed by atoms with Crippen LogP contribution in [-0.4, -0.2) is 0 Å². The topological polar surface area (TPSA) is 0 Å². The number of hydrogen-bond acceptors (Lipinski definition) is 0. The first-order valence-electron chi connectivity index (χ1n) is 5.84. The normalized spacial score (nSPS) is 10.9. The van der Waals surface area contributed by atoms with Crippen molar-refractivity contribution < 1.29 is 17.5 Å². The van der Waals surface area contributed by atoms with Gasteiger partial charge in [-0.1, -0.05) is 0 Å². The fourth-order valence-corrected chi connectivity index (χ4v) is 8.33. The molecule has 0 heterocycles. The molecule has 0 fully saturated rings. The molecule has 0 spiro atoms. The van der Waals surface area contributed by atoms with Gasteiger partial charge in [-0.15, -0.1) is 0 Å². The van der Waals surface area contributed by atoms with Gasteiger partial charge in [0, 0.05) is 0 Å². The zero-order valence-electron chi connectivity index (χ0n) is 9.95. The summed E-state index contributed by atoms with van der Waals surface area (Å²) in [7, 11) is 0. The first-order chi connectivity index (χ1) is 8.42. The predicted octanol–water partition coefficient (Wildman–Crippen LogP) is 3.95. The molecule has 17 heavy (non-hydrogen) atoms. The van der Waals surface area contributed by atoms with Gasteiger partial charge in [0.15, 0.2) is 0 Å². The molecule has 0 saturated carbocycles. The third kappa shape index (κ3) is 3.75. The molecule has 0 radical (unpaired) electrons. The Bertz CT molecular complexity index is 388. The average molecular weight is 335 g/mol. The van der Waals surface area contributed by atoms with E-state index in [0.29, 0.717) is 0 Å². The van der Waals surface area contributed by atoms with Gasteiger partial charge in [0.2, 0.25) is 0 Å². The van der Waals surface area contributed by atoms with Crippen molar-refractivity contribution >= 4 is 16.7 Å². The van der Waals surface area contributed by atoms with Crippen LogP contribution in [0.15, 0.2) is 60.7 Å². The molecule has 2 heteroatoms. The second-order valence-corrected chi connectivity index (χ2v) is 9.76. The maximum absolute atomic E-state index is 2.28. The number of rotatable bonds is 5. The van der Waals surface area contributed by atoms with Crippen LogP contribution in [-0.2, 0) is 17.5 Å². The number of benzene rings is 2. The summed E-state index contributed by atoms with van der Waals surface area (Å²) in [6.07, 6.45) is 1.19. The van der Waals surface area contributed by atoms with E-state index < -0.39 is 0 Å². The standard InChI is InChI=1S/C12H10P.C3H7.Pd/c1-3-7-11(8-4-1)13-12-9-5-2-6-10-12;1-3-2;/h1-10H;1,3H2,2H3;/q-1;;+1. The molecular weight excluding hydrogens is 318 g/mol. The first kappa shape index (κ1) is 13.0. The van der Waals surface area contributed by atoms with Crippen LogP contribution < -0.4 is 10.6 Å². The molecule has 0 saturated heterocycles. The fraction of sp³-hybridized carbons (Fsp3) is 0.200. The molecule has 0 bridgehead atoms. The quantitative estimate of drug-likeness (QED) is 0.574. The van der Waals surface area contributed by atoms with E-state index in [4.69, 9.17) is 0 Å². The van der Waals surface area contributed by atoms with Crippen molar-refractivity contribution in [3.05, 3.63) is 60.7 Å². The molecule has 0 aliphatic rings. The second-order valence-electron chi connectivity index (χ2n) is 3.68. The van der Waals surface area contributed by atoms with E-state index in [0.717, 1.165) is 17.5 Å². The van der Waals surface area contributed by atoms with Crippen LogP contribution in [0.25, 0.3) is 0 Å². The molecule has 2 rings (SSSR count). The summed E-state index contributed by atoms with van der Waals surface area (Å²) in [6, 6.07) is 22.0. The minimum atomic E-state index is -0.107. The summed E-state index contributed by atoms with van der Waals surface area (Å²) in [5, 5.41) is 3.05. The van der Waals surface area contributed by atoms with Gasteiger partial charge >= 0.3 is 113 Å². The average Bonchev–Trinajstić information content (AvgIpc) is 2.42. The monoisotopic (exact) mass is 334 g/mol. The summed E-state index contributed by atoms with van der Waals surface area (Å²) >= 11 is 0.833. The van der Waals surface area contributed by atoms with Crippen LogP contribution in [0, 0.1) is 0 Å². The molecule has 92 valence electrons. The van der Waals surface area contributed by atoms with Gasteiger partial charge in [0.05, 0.1) is 0 Å². The Labute approximate surface area is 113 Å². The molecule has 0 amide bonds. The van der Waals surface area contributed by atoms with E-state index in [2.05, 4.69) is 67.6 Å². The summed E-state index contributed by atoms with van der Waals surface area (Å²) in [5.74, 6) is 0. The molecular formula is C15H17PPd. The molecule has 2 aromatic carbocycles. The third-order valence-electron chi connectivity index (χ3n) is 2.26. The van der Waals surface area contributed by atoms with Crippen LogP contribution in [0.1, 0.15) is 13.3 Å². The molecule has 0 aliphatic carbocycles. The summed E-state index contributed by atoms with van der Waals surface area (Å²) in [6.45, 7) is 2.28. The predicted molar refractivity (Wildman–Crippen MR) is 74.2 cm³/mol. The van der Waals surface area contributed by atoms with Crippen LogP contribution in [0.5, 0.6) is 0 Å². The van der Waals surface area contributed by atoms with E-state index >= 15 is 0 Å². The van der Waals surface area contributed by atoms with Crippen molar-refractivity contribution in [3.63, 3.8) is 0 Å². The van der Waals surface area contributed by atoms with Crippen LogP contribution in [0.3, 0.4) is 0 Å². The number of hydrogen-bond donors (Lipinski definition) is 0. The van der Waals surface area contributed by atoms with Gasteiger partial charge in [0.1, 0.15) is 0 Å². The van der Waals surface area contributed by atoms with Gasteiger partial charge in [-0.05, 0) is 0 Å². The van der Waals surface area contributed by atoms with Crippen molar-refractivity contribution in [2.45, 2.75) is 18.2 Å². The molecule has 0 atom stereocenters. The Morgan fingerprint density at radius 1 is 0.824 bits per heavy atom. The summed E-state index contributed by atoms with van der Waals surface area (Å²) in [4.78, 5) is 1.36. The van der Waals surface area contributed by atoms with Gasteiger partial charge in [0.25, 0.3) is 0 Å². The van der Waals surface area contributed by atoms with E-state index in [-0.39, 0.29) is 6.11 Å². The Balaban J connectivity index is 2.26. The van der Waals surface area contributed by atoms with Crippen LogP contribution in [0.2, 0.25) is 4.89 Å².